The van der Waals surface area contributed by atoms with Gasteiger partial charge in [0, 0.05) is 25.2 Å². The fourth-order valence-electron chi connectivity index (χ4n) is 4.61. The molecule has 2 heterocycles. The summed E-state index contributed by atoms with van der Waals surface area (Å²) in [5.74, 6) is 0.918. The second-order valence-corrected chi connectivity index (χ2v) is 8.42. The Morgan fingerprint density at radius 2 is 1.80 bits per heavy atom. The largest absolute Gasteiger partial charge is 0.348 e. The molecular weight excluding hydrogens is 376 g/mol. The summed E-state index contributed by atoms with van der Waals surface area (Å²) in [5.41, 5.74) is 2.19. The van der Waals surface area contributed by atoms with Crippen LogP contribution in [-0.4, -0.2) is 33.2 Å². The summed E-state index contributed by atoms with van der Waals surface area (Å²) in [5, 5.41) is 2.94. The van der Waals surface area contributed by atoms with Gasteiger partial charge in [0.1, 0.15) is 0 Å². The maximum atomic E-state index is 13.1. The zero-order valence-electron chi connectivity index (χ0n) is 17.6. The number of hydrogen-bond acceptors (Lipinski definition) is 4. The molecule has 6 heteroatoms. The number of nitrogens with one attached hydrogen (secondary N) is 1. The first-order valence-electron chi connectivity index (χ1n) is 11.1. The minimum absolute atomic E-state index is 0.0769. The number of carbonyl (C=O) groups is 2. The molecule has 1 unspecified atom stereocenters. The Morgan fingerprint density at radius 1 is 1.07 bits per heavy atom. The Hall–Kier alpha value is -2.76. The van der Waals surface area contributed by atoms with Gasteiger partial charge in [-0.25, -0.2) is 9.97 Å². The van der Waals surface area contributed by atoms with Crippen LogP contribution in [-0.2, 0) is 11.3 Å². The fraction of sp³-hybridized carbons (Fsp3) is 0.500. The van der Waals surface area contributed by atoms with Crippen molar-refractivity contribution in [3.8, 4) is 0 Å². The SMILES string of the molecule is Cc1nc(C2CCCCN2C(=O)C2CCCC2)ncc1C(=O)NCc1ccccc1. The molecule has 1 aromatic carbocycles. The summed E-state index contributed by atoms with van der Waals surface area (Å²) in [4.78, 5) is 36.9. The molecule has 2 aromatic rings. The van der Waals surface area contributed by atoms with Gasteiger partial charge in [0.25, 0.3) is 5.91 Å². The Kier molecular flexibility index (Phi) is 6.41. The van der Waals surface area contributed by atoms with E-state index in [-0.39, 0.29) is 23.8 Å². The second-order valence-electron chi connectivity index (χ2n) is 8.42. The van der Waals surface area contributed by atoms with E-state index >= 15 is 0 Å². The van der Waals surface area contributed by atoms with Crippen molar-refractivity contribution in [2.75, 3.05) is 6.54 Å². The number of aryl methyl sites for hydroxylation is 1. The van der Waals surface area contributed by atoms with E-state index in [1.54, 1.807) is 6.20 Å². The van der Waals surface area contributed by atoms with Crippen LogP contribution in [0.5, 0.6) is 0 Å². The van der Waals surface area contributed by atoms with E-state index in [9.17, 15) is 9.59 Å². The van der Waals surface area contributed by atoms with Gasteiger partial charge in [0.2, 0.25) is 5.91 Å². The standard InChI is InChI=1S/C24H30N4O2/c1-17-20(23(29)26-15-18-9-3-2-4-10-18)16-25-22(27-17)21-13-7-8-14-28(21)24(30)19-11-5-6-12-19/h2-4,9-10,16,19,21H,5-8,11-15H2,1H3,(H,26,29). The lowest BCUT2D eigenvalue weighted by Gasteiger charge is -2.36. The highest BCUT2D eigenvalue weighted by atomic mass is 16.2. The predicted molar refractivity (Wildman–Crippen MR) is 115 cm³/mol. The third-order valence-electron chi connectivity index (χ3n) is 6.33. The third kappa shape index (κ3) is 4.53. The molecule has 1 aliphatic carbocycles. The van der Waals surface area contributed by atoms with Crippen LogP contribution in [0.1, 0.15) is 78.4 Å². The maximum absolute atomic E-state index is 13.1. The number of rotatable bonds is 5. The zero-order valence-corrected chi connectivity index (χ0v) is 17.6. The lowest BCUT2D eigenvalue weighted by Crippen LogP contribution is -2.42. The van der Waals surface area contributed by atoms with E-state index < -0.39 is 0 Å². The van der Waals surface area contributed by atoms with Crippen molar-refractivity contribution in [2.45, 2.75) is 64.5 Å². The Balaban J connectivity index is 1.47. The average molecular weight is 407 g/mol. The van der Waals surface area contributed by atoms with Crippen molar-refractivity contribution in [3.05, 3.63) is 59.2 Å². The highest BCUT2D eigenvalue weighted by Crippen LogP contribution is 2.34. The molecule has 2 fully saturated rings. The molecule has 2 amide bonds. The quantitative estimate of drug-likeness (QED) is 0.816. The van der Waals surface area contributed by atoms with E-state index in [1.807, 2.05) is 42.2 Å². The van der Waals surface area contributed by atoms with Gasteiger partial charge in [-0.3, -0.25) is 9.59 Å². The highest BCUT2D eigenvalue weighted by molar-refractivity contribution is 5.94. The van der Waals surface area contributed by atoms with Gasteiger partial charge in [-0.2, -0.15) is 0 Å². The number of benzene rings is 1. The molecule has 0 radical (unpaired) electrons. The van der Waals surface area contributed by atoms with E-state index in [0.29, 0.717) is 23.6 Å². The van der Waals surface area contributed by atoms with Gasteiger partial charge in [-0.15, -0.1) is 0 Å². The molecule has 1 atom stereocenters. The minimum Gasteiger partial charge on any atom is -0.348 e. The first kappa shape index (κ1) is 20.5. The lowest BCUT2D eigenvalue weighted by molar-refractivity contribution is -0.139. The molecule has 1 aromatic heterocycles. The average Bonchev–Trinajstić information content (AvgIpc) is 3.32. The maximum Gasteiger partial charge on any atom is 0.254 e. The van der Waals surface area contributed by atoms with Crippen molar-refractivity contribution in [1.29, 1.82) is 0 Å². The molecule has 6 nitrogen and oxygen atoms in total. The molecular formula is C24H30N4O2. The number of carbonyl (C=O) groups excluding carboxylic acids is 2. The van der Waals surface area contributed by atoms with Gasteiger partial charge in [-0.1, -0.05) is 43.2 Å². The van der Waals surface area contributed by atoms with E-state index in [0.717, 1.165) is 57.1 Å². The van der Waals surface area contributed by atoms with Crippen molar-refractivity contribution < 1.29 is 9.59 Å². The minimum atomic E-state index is -0.176. The smallest absolute Gasteiger partial charge is 0.254 e. The van der Waals surface area contributed by atoms with Crippen LogP contribution in [0.4, 0.5) is 0 Å². The fourth-order valence-corrected chi connectivity index (χ4v) is 4.61. The van der Waals surface area contributed by atoms with Gasteiger partial charge < -0.3 is 10.2 Å². The predicted octanol–water partition coefficient (Wildman–Crippen LogP) is 3.96. The van der Waals surface area contributed by atoms with Gasteiger partial charge in [0.05, 0.1) is 17.3 Å². The Bertz CT molecular complexity index is 893. The Labute approximate surface area is 178 Å². The number of nitrogens with zero attached hydrogens (tertiary/aromatic N) is 3. The molecule has 1 N–H and O–H groups in total. The first-order chi connectivity index (χ1) is 14.6. The summed E-state index contributed by atoms with van der Waals surface area (Å²) in [6.45, 7) is 3.09. The summed E-state index contributed by atoms with van der Waals surface area (Å²) in [6.07, 6.45) is 8.91. The summed E-state index contributed by atoms with van der Waals surface area (Å²) >= 11 is 0. The number of piperidine rings is 1. The van der Waals surface area contributed by atoms with Crippen molar-refractivity contribution in [2.24, 2.45) is 5.92 Å². The second kappa shape index (κ2) is 9.37. The van der Waals surface area contributed by atoms with E-state index in [2.05, 4.69) is 15.3 Å². The monoisotopic (exact) mass is 406 g/mol. The molecule has 1 aliphatic heterocycles. The normalized spacial score (nSPS) is 19.6. The molecule has 0 spiro atoms. The van der Waals surface area contributed by atoms with Crippen molar-refractivity contribution in [1.82, 2.24) is 20.2 Å². The van der Waals surface area contributed by atoms with Crippen LogP contribution in [0, 0.1) is 12.8 Å². The van der Waals surface area contributed by atoms with Crippen LogP contribution < -0.4 is 5.32 Å². The van der Waals surface area contributed by atoms with Gasteiger partial charge in [-0.05, 0) is 44.6 Å². The van der Waals surface area contributed by atoms with Crippen molar-refractivity contribution >= 4 is 11.8 Å². The zero-order chi connectivity index (χ0) is 20.9. The van der Waals surface area contributed by atoms with E-state index in [1.165, 1.54) is 0 Å². The molecule has 1 saturated carbocycles. The van der Waals surface area contributed by atoms with Crippen LogP contribution in [0.15, 0.2) is 36.5 Å². The van der Waals surface area contributed by atoms with Crippen LogP contribution in [0.2, 0.25) is 0 Å². The van der Waals surface area contributed by atoms with E-state index in [4.69, 9.17) is 0 Å². The molecule has 0 bridgehead atoms. The molecule has 158 valence electrons. The Morgan fingerprint density at radius 3 is 2.53 bits per heavy atom. The molecule has 2 aliphatic rings. The van der Waals surface area contributed by atoms with Crippen LogP contribution in [0.25, 0.3) is 0 Å². The number of aromatic nitrogens is 2. The highest BCUT2D eigenvalue weighted by Gasteiger charge is 2.35. The van der Waals surface area contributed by atoms with Gasteiger partial charge in [0.15, 0.2) is 5.82 Å². The number of hydrogen-bond donors (Lipinski definition) is 1. The van der Waals surface area contributed by atoms with Gasteiger partial charge >= 0.3 is 0 Å². The topological polar surface area (TPSA) is 75.2 Å². The van der Waals surface area contributed by atoms with Crippen LogP contribution >= 0.6 is 0 Å². The third-order valence-corrected chi connectivity index (χ3v) is 6.33. The molecule has 30 heavy (non-hydrogen) atoms. The summed E-state index contributed by atoms with van der Waals surface area (Å²) in [7, 11) is 0. The molecule has 4 rings (SSSR count). The lowest BCUT2D eigenvalue weighted by atomic mass is 9.97. The molecule has 1 saturated heterocycles. The summed E-state index contributed by atoms with van der Waals surface area (Å²) in [6, 6.07) is 9.74. The first-order valence-corrected chi connectivity index (χ1v) is 11.1. The van der Waals surface area contributed by atoms with Crippen LogP contribution in [0.3, 0.4) is 0 Å². The van der Waals surface area contributed by atoms with Crippen molar-refractivity contribution in [3.63, 3.8) is 0 Å². The number of likely N-dealkylation sites (tertiary alicyclic amines) is 1. The summed E-state index contributed by atoms with van der Waals surface area (Å²) < 4.78 is 0. The number of amides is 2.